The van der Waals surface area contributed by atoms with E-state index in [0.717, 1.165) is 31.5 Å². The molecule has 1 aliphatic rings. The molecule has 0 saturated heterocycles. The summed E-state index contributed by atoms with van der Waals surface area (Å²) < 4.78 is 1.84. The average molecular weight is 337 g/mol. The third-order valence-corrected chi connectivity index (χ3v) is 4.49. The van der Waals surface area contributed by atoms with E-state index in [9.17, 15) is 4.79 Å². The summed E-state index contributed by atoms with van der Waals surface area (Å²) in [6.07, 6.45) is 2.69. The van der Waals surface area contributed by atoms with Crippen molar-refractivity contribution in [3.05, 3.63) is 53.3 Å². The van der Waals surface area contributed by atoms with Gasteiger partial charge in [0.1, 0.15) is 6.07 Å². The molecule has 0 spiro atoms. The van der Waals surface area contributed by atoms with Crippen LogP contribution in [0.1, 0.15) is 36.7 Å². The summed E-state index contributed by atoms with van der Waals surface area (Å²) in [6.45, 7) is 3.97. The minimum atomic E-state index is -0.0475. The van der Waals surface area contributed by atoms with Crippen LogP contribution in [0.25, 0.3) is 0 Å². The minimum Gasteiger partial charge on any atom is -0.336 e. The van der Waals surface area contributed by atoms with Crippen LogP contribution in [-0.4, -0.2) is 33.3 Å². The first-order valence-electron chi connectivity index (χ1n) is 8.72. The molecular formula is C19H23N5O. The number of hydrogen-bond acceptors (Lipinski definition) is 3. The fraction of sp³-hybridized carbons (Fsp3) is 0.421. The van der Waals surface area contributed by atoms with Gasteiger partial charge in [-0.1, -0.05) is 30.3 Å². The summed E-state index contributed by atoms with van der Waals surface area (Å²) in [5.74, 6) is 0. The standard InChI is InChI=1S/C19H23N5O/c1-15(8-9-16-6-3-2-4-7-16)21-19(25)23-10-5-11-24-18(14-23)12-17(13-20)22-24/h2-4,6-7,12,15H,5,8-11,14H2,1H3,(H,21,25)/t15-/m0/s1. The summed E-state index contributed by atoms with van der Waals surface area (Å²) in [6, 6.07) is 14.2. The largest absolute Gasteiger partial charge is 0.336 e. The minimum absolute atomic E-state index is 0.0475. The van der Waals surface area contributed by atoms with Crippen molar-refractivity contribution < 1.29 is 4.79 Å². The Morgan fingerprint density at radius 2 is 2.16 bits per heavy atom. The van der Waals surface area contributed by atoms with Crippen molar-refractivity contribution in [2.45, 2.75) is 45.3 Å². The Balaban J connectivity index is 1.54. The number of urea groups is 1. The molecule has 1 atom stereocenters. The van der Waals surface area contributed by atoms with Gasteiger partial charge in [0.05, 0.1) is 12.2 Å². The molecular weight excluding hydrogens is 314 g/mol. The first-order chi connectivity index (χ1) is 12.2. The van der Waals surface area contributed by atoms with Crippen molar-refractivity contribution in [1.29, 1.82) is 5.26 Å². The zero-order chi connectivity index (χ0) is 17.6. The normalized spacial score (nSPS) is 15.0. The number of carbonyl (C=O) groups is 1. The number of aromatic nitrogens is 2. The number of fused-ring (bicyclic) bond motifs is 1. The van der Waals surface area contributed by atoms with Gasteiger partial charge in [0, 0.05) is 19.1 Å². The number of nitrogens with zero attached hydrogens (tertiary/aromatic N) is 4. The van der Waals surface area contributed by atoms with Crippen LogP contribution in [0, 0.1) is 11.3 Å². The number of rotatable bonds is 4. The van der Waals surface area contributed by atoms with E-state index in [1.807, 2.05) is 29.8 Å². The molecule has 1 aromatic heterocycles. The van der Waals surface area contributed by atoms with Crippen molar-refractivity contribution in [3.8, 4) is 6.07 Å². The van der Waals surface area contributed by atoms with Crippen LogP contribution in [-0.2, 0) is 19.5 Å². The quantitative estimate of drug-likeness (QED) is 0.932. The molecule has 0 fully saturated rings. The van der Waals surface area contributed by atoms with E-state index in [4.69, 9.17) is 5.26 Å². The van der Waals surface area contributed by atoms with Crippen molar-refractivity contribution in [1.82, 2.24) is 20.0 Å². The summed E-state index contributed by atoms with van der Waals surface area (Å²) >= 11 is 0. The van der Waals surface area contributed by atoms with Gasteiger partial charge in [-0.2, -0.15) is 10.4 Å². The van der Waals surface area contributed by atoms with Crippen LogP contribution in [0.3, 0.4) is 0 Å². The van der Waals surface area contributed by atoms with Crippen molar-refractivity contribution >= 4 is 6.03 Å². The Kier molecular flexibility index (Phi) is 5.34. The fourth-order valence-electron chi connectivity index (χ4n) is 3.09. The highest BCUT2D eigenvalue weighted by atomic mass is 16.2. The molecule has 0 unspecified atom stereocenters. The van der Waals surface area contributed by atoms with Gasteiger partial charge in [-0.15, -0.1) is 0 Å². The molecule has 2 aromatic rings. The lowest BCUT2D eigenvalue weighted by Crippen LogP contribution is -2.43. The molecule has 130 valence electrons. The lowest BCUT2D eigenvalue weighted by atomic mass is 10.1. The molecule has 0 saturated carbocycles. The van der Waals surface area contributed by atoms with E-state index in [1.165, 1.54) is 5.56 Å². The smallest absolute Gasteiger partial charge is 0.317 e. The molecule has 6 nitrogen and oxygen atoms in total. The number of nitrogens with one attached hydrogen (secondary N) is 1. The predicted octanol–water partition coefficient (Wildman–Crippen LogP) is 2.69. The van der Waals surface area contributed by atoms with E-state index in [1.54, 1.807) is 11.0 Å². The molecule has 1 aromatic carbocycles. The number of amides is 2. The second kappa shape index (κ2) is 7.84. The molecule has 1 N–H and O–H groups in total. The molecule has 6 heteroatoms. The Morgan fingerprint density at radius 1 is 1.36 bits per heavy atom. The molecule has 2 heterocycles. The fourth-order valence-corrected chi connectivity index (χ4v) is 3.09. The summed E-state index contributed by atoms with van der Waals surface area (Å²) in [5, 5.41) is 16.3. The zero-order valence-corrected chi connectivity index (χ0v) is 14.5. The highest BCUT2D eigenvalue weighted by molar-refractivity contribution is 5.74. The van der Waals surface area contributed by atoms with Crippen LogP contribution in [0.15, 0.2) is 36.4 Å². The Hall–Kier alpha value is -2.81. The molecule has 0 bridgehead atoms. The topological polar surface area (TPSA) is 74.0 Å². The van der Waals surface area contributed by atoms with Gasteiger partial charge in [0.15, 0.2) is 5.69 Å². The van der Waals surface area contributed by atoms with Gasteiger partial charge in [-0.3, -0.25) is 4.68 Å². The molecule has 1 aliphatic heterocycles. The summed E-state index contributed by atoms with van der Waals surface area (Å²) in [5.41, 5.74) is 2.61. The maximum absolute atomic E-state index is 12.6. The molecule has 2 amide bonds. The maximum Gasteiger partial charge on any atom is 0.317 e. The van der Waals surface area contributed by atoms with Gasteiger partial charge in [0.2, 0.25) is 0 Å². The first kappa shape index (κ1) is 17.0. The second-order valence-corrected chi connectivity index (χ2v) is 6.51. The molecule has 3 rings (SSSR count). The van der Waals surface area contributed by atoms with E-state index >= 15 is 0 Å². The Labute approximate surface area is 148 Å². The van der Waals surface area contributed by atoms with Crippen LogP contribution in [0.5, 0.6) is 0 Å². The van der Waals surface area contributed by atoms with E-state index in [0.29, 0.717) is 18.8 Å². The van der Waals surface area contributed by atoms with Gasteiger partial charge in [-0.05, 0) is 37.8 Å². The van der Waals surface area contributed by atoms with Crippen LogP contribution in [0.2, 0.25) is 0 Å². The number of aryl methyl sites for hydroxylation is 2. The van der Waals surface area contributed by atoms with Crippen molar-refractivity contribution in [2.75, 3.05) is 6.54 Å². The van der Waals surface area contributed by atoms with Crippen molar-refractivity contribution in [3.63, 3.8) is 0 Å². The lowest BCUT2D eigenvalue weighted by Gasteiger charge is -2.23. The molecule has 0 aliphatic carbocycles. The second-order valence-electron chi connectivity index (χ2n) is 6.51. The third-order valence-electron chi connectivity index (χ3n) is 4.49. The number of hydrogen-bond donors (Lipinski definition) is 1. The van der Waals surface area contributed by atoms with Gasteiger partial charge < -0.3 is 10.2 Å². The number of benzene rings is 1. The summed E-state index contributed by atoms with van der Waals surface area (Å²) in [7, 11) is 0. The van der Waals surface area contributed by atoms with E-state index < -0.39 is 0 Å². The number of nitriles is 1. The van der Waals surface area contributed by atoms with Crippen LogP contribution >= 0.6 is 0 Å². The maximum atomic E-state index is 12.6. The highest BCUT2D eigenvalue weighted by Crippen LogP contribution is 2.14. The van der Waals surface area contributed by atoms with Gasteiger partial charge in [0.25, 0.3) is 0 Å². The molecule has 25 heavy (non-hydrogen) atoms. The predicted molar refractivity (Wildman–Crippen MR) is 94.7 cm³/mol. The Morgan fingerprint density at radius 3 is 2.92 bits per heavy atom. The van der Waals surface area contributed by atoms with Crippen molar-refractivity contribution in [2.24, 2.45) is 0 Å². The van der Waals surface area contributed by atoms with Gasteiger partial charge in [-0.25, -0.2) is 4.79 Å². The third kappa shape index (κ3) is 4.38. The monoisotopic (exact) mass is 337 g/mol. The molecule has 0 radical (unpaired) electrons. The first-order valence-corrected chi connectivity index (χ1v) is 8.72. The van der Waals surface area contributed by atoms with E-state index in [-0.39, 0.29) is 12.1 Å². The highest BCUT2D eigenvalue weighted by Gasteiger charge is 2.21. The average Bonchev–Trinajstić information content (AvgIpc) is 2.91. The zero-order valence-electron chi connectivity index (χ0n) is 14.5. The SMILES string of the molecule is C[C@@H](CCc1ccccc1)NC(=O)N1CCCn2nc(C#N)cc2C1. The van der Waals surface area contributed by atoms with E-state index in [2.05, 4.69) is 28.6 Å². The van der Waals surface area contributed by atoms with Gasteiger partial charge >= 0.3 is 6.03 Å². The summed E-state index contributed by atoms with van der Waals surface area (Å²) in [4.78, 5) is 14.4. The van der Waals surface area contributed by atoms with Crippen LogP contribution in [0.4, 0.5) is 4.79 Å². The Bertz CT molecular complexity index is 762. The van der Waals surface area contributed by atoms with Crippen LogP contribution < -0.4 is 5.32 Å². The lowest BCUT2D eigenvalue weighted by molar-refractivity contribution is 0.192. The number of carbonyl (C=O) groups excluding carboxylic acids is 1.